The fourth-order valence-electron chi connectivity index (χ4n) is 8.24. The van der Waals surface area contributed by atoms with Crippen molar-refractivity contribution in [2.45, 2.75) is 60.3 Å². The van der Waals surface area contributed by atoms with E-state index >= 15 is 0 Å². The van der Waals surface area contributed by atoms with Crippen molar-refractivity contribution in [1.29, 1.82) is 5.26 Å². The molecule has 0 spiro atoms. The molecule has 1 N–H and O–H groups in total. The van der Waals surface area contributed by atoms with E-state index in [0.717, 1.165) is 76.1 Å². The standard InChI is InChI=1S/C35H44N6O4S/c1-34(24-41(25-34)28-12-14-29(15-13-28)46(43,44)30-20-38-39(3)21-30)23-40-18-16-27(17-19-40)35(22-36,26-8-5-4-6-9-26)31-10-7-11-32(31)45-33(42)37-2/h4-6,8-9,12-15,20-21,27,31-32H,7,10-11,16-19,23-25H2,1-3H3,(H,37,42)/t31-,32-,35?/m0/s1. The lowest BCUT2D eigenvalue weighted by Crippen LogP contribution is -2.60. The first kappa shape index (κ1) is 32.1. The number of sulfone groups is 1. The molecule has 3 aromatic rings. The molecule has 2 aliphatic heterocycles. The summed E-state index contributed by atoms with van der Waals surface area (Å²) in [6.45, 7) is 6.93. The molecule has 3 atom stereocenters. The van der Waals surface area contributed by atoms with Gasteiger partial charge >= 0.3 is 6.09 Å². The van der Waals surface area contributed by atoms with E-state index in [1.807, 2.05) is 30.3 Å². The number of alkyl carbamates (subject to hydrolysis) is 1. The van der Waals surface area contributed by atoms with Crippen LogP contribution in [0, 0.1) is 28.6 Å². The molecular formula is C35H44N6O4S. The van der Waals surface area contributed by atoms with E-state index in [4.69, 9.17) is 4.74 Å². The summed E-state index contributed by atoms with van der Waals surface area (Å²) in [7, 11) is -0.318. The molecule has 3 aliphatic rings. The first-order chi connectivity index (χ1) is 22.1. The van der Waals surface area contributed by atoms with Gasteiger partial charge in [-0.3, -0.25) is 4.68 Å². The zero-order valence-corrected chi connectivity index (χ0v) is 27.7. The molecule has 3 heterocycles. The Morgan fingerprint density at radius 3 is 2.37 bits per heavy atom. The van der Waals surface area contributed by atoms with Crippen LogP contribution >= 0.6 is 0 Å². The quantitative estimate of drug-likeness (QED) is 0.354. The largest absolute Gasteiger partial charge is 0.446 e. The third kappa shape index (κ3) is 6.00. The molecule has 11 heteroatoms. The van der Waals surface area contributed by atoms with Gasteiger partial charge in [0.2, 0.25) is 9.84 Å². The maximum absolute atomic E-state index is 13.0. The number of nitriles is 1. The van der Waals surface area contributed by atoms with E-state index in [1.54, 1.807) is 26.2 Å². The number of amides is 1. The number of anilines is 1. The van der Waals surface area contributed by atoms with Crippen molar-refractivity contribution < 1.29 is 17.9 Å². The number of carbonyl (C=O) groups excluding carboxylic acids is 1. The number of piperidine rings is 1. The minimum atomic E-state index is -3.60. The number of hydrogen-bond acceptors (Lipinski definition) is 8. The lowest BCUT2D eigenvalue weighted by Gasteiger charge is -2.53. The van der Waals surface area contributed by atoms with Crippen molar-refractivity contribution in [3.05, 3.63) is 72.6 Å². The fourth-order valence-corrected chi connectivity index (χ4v) is 9.49. The van der Waals surface area contributed by atoms with Gasteiger partial charge in [-0.1, -0.05) is 37.3 Å². The number of aromatic nitrogens is 2. The molecular weight excluding hydrogens is 600 g/mol. The highest BCUT2D eigenvalue weighted by Crippen LogP contribution is 2.51. The normalized spacial score (nSPS) is 23.2. The van der Waals surface area contributed by atoms with E-state index in [0.29, 0.717) is 0 Å². The number of rotatable bonds is 9. The molecule has 1 saturated carbocycles. The molecule has 1 aliphatic carbocycles. The van der Waals surface area contributed by atoms with Crippen LogP contribution in [0.3, 0.4) is 0 Å². The lowest BCUT2D eigenvalue weighted by molar-refractivity contribution is 0.0262. The average Bonchev–Trinajstić information content (AvgIpc) is 3.71. The number of ether oxygens (including phenoxy) is 1. The molecule has 6 rings (SSSR count). The predicted octanol–water partition coefficient (Wildman–Crippen LogP) is 4.78. The minimum absolute atomic E-state index is 0.0443. The van der Waals surface area contributed by atoms with Crippen LogP contribution < -0.4 is 10.2 Å². The first-order valence-corrected chi connectivity index (χ1v) is 17.7. The number of hydrogen-bond donors (Lipinski definition) is 1. The van der Waals surface area contributed by atoms with Crippen LogP contribution in [0.15, 0.2) is 76.8 Å². The van der Waals surface area contributed by atoms with Crippen LogP contribution in [-0.4, -0.2) is 75.1 Å². The third-order valence-electron chi connectivity index (χ3n) is 10.4. The first-order valence-electron chi connectivity index (χ1n) is 16.2. The van der Waals surface area contributed by atoms with Crippen molar-refractivity contribution >= 4 is 21.6 Å². The van der Waals surface area contributed by atoms with Crippen LogP contribution in [0.4, 0.5) is 10.5 Å². The molecule has 1 amide bonds. The van der Waals surface area contributed by atoms with Gasteiger partial charge in [0, 0.05) is 56.9 Å². The molecule has 2 aromatic carbocycles. The average molecular weight is 645 g/mol. The summed E-state index contributed by atoms with van der Waals surface area (Å²) in [5.74, 6) is 0.124. The van der Waals surface area contributed by atoms with Gasteiger partial charge in [-0.2, -0.15) is 10.4 Å². The smallest absolute Gasteiger partial charge is 0.407 e. The van der Waals surface area contributed by atoms with Gasteiger partial charge in [-0.05, 0) is 80.9 Å². The Bertz CT molecular complexity index is 1670. The highest BCUT2D eigenvalue weighted by molar-refractivity contribution is 7.91. The molecule has 3 fully saturated rings. The topological polar surface area (TPSA) is 121 Å². The molecule has 1 aromatic heterocycles. The van der Waals surface area contributed by atoms with Gasteiger partial charge < -0.3 is 19.9 Å². The van der Waals surface area contributed by atoms with Gasteiger partial charge in [0.25, 0.3) is 0 Å². The van der Waals surface area contributed by atoms with Crippen molar-refractivity contribution in [2.24, 2.45) is 24.3 Å². The number of aryl methyl sites for hydroxylation is 1. The number of carbonyl (C=O) groups is 1. The van der Waals surface area contributed by atoms with E-state index in [1.165, 1.54) is 17.1 Å². The maximum Gasteiger partial charge on any atom is 0.407 e. The van der Waals surface area contributed by atoms with Crippen LogP contribution in [0.25, 0.3) is 0 Å². The second-order valence-corrected chi connectivity index (χ2v) is 15.6. The summed E-state index contributed by atoms with van der Waals surface area (Å²) in [4.78, 5) is 17.5. The third-order valence-corrected chi connectivity index (χ3v) is 12.1. The predicted molar refractivity (Wildman–Crippen MR) is 175 cm³/mol. The van der Waals surface area contributed by atoms with Gasteiger partial charge in [0.15, 0.2) is 0 Å². The van der Waals surface area contributed by atoms with E-state index < -0.39 is 21.3 Å². The summed E-state index contributed by atoms with van der Waals surface area (Å²) in [5, 5.41) is 17.5. The minimum Gasteiger partial charge on any atom is -0.446 e. The monoisotopic (exact) mass is 644 g/mol. The number of likely N-dealkylation sites (tertiary alicyclic amines) is 1. The highest BCUT2D eigenvalue weighted by Gasteiger charge is 2.53. The zero-order chi connectivity index (χ0) is 32.5. The van der Waals surface area contributed by atoms with Gasteiger partial charge in [0.1, 0.15) is 11.0 Å². The molecule has 0 bridgehead atoms. The second kappa shape index (κ2) is 12.7. The second-order valence-electron chi connectivity index (χ2n) is 13.6. The number of nitrogens with zero attached hydrogens (tertiary/aromatic N) is 5. The number of nitrogens with one attached hydrogen (secondary N) is 1. The Morgan fingerprint density at radius 1 is 1.07 bits per heavy atom. The zero-order valence-electron chi connectivity index (χ0n) is 26.9. The molecule has 2 saturated heterocycles. The SMILES string of the molecule is CNC(=O)O[C@H]1CCC[C@@H]1C(C#N)(c1ccccc1)C1CCN(CC2(C)CN(c3ccc(S(=O)(=O)c4cnn(C)c4)cc3)C2)CC1. The van der Waals surface area contributed by atoms with Gasteiger partial charge in [-0.15, -0.1) is 0 Å². The molecule has 1 unspecified atom stereocenters. The Balaban J connectivity index is 1.09. The molecule has 244 valence electrons. The Labute approximate surface area is 272 Å². The molecule has 0 radical (unpaired) electrons. The summed E-state index contributed by atoms with van der Waals surface area (Å²) < 4.78 is 33.2. The van der Waals surface area contributed by atoms with Gasteiger partial charge in [0.05, 0.1) is 22.6 Å². The van der Waals surface area contributed by atoms with Crippen LogP contribution in [-0.2, 0) is 27.0 Å². The van der Waals surface area contributed by atoms with E-state index in [9.17, 15) is 18.5 Å². The lowest BCUT2D eigenvalue weighted by atomic mass is 9.59. The van der Waals surface area contributed by atoms with Crippen LogP contribution in [0.5, 0.6) is 0 Å². The Hall–Kier alpha value is -3.88. The van der Waals surface area contributed by atoms with Gasteiger partial charge in [-0.25, -0.2) is 13.2 Å². The summed E-state index contributed by atoms with van der Waals surface area (Å²) in [6, 6.07) is 20.1. The Morgan fingerprint density at radius 2 is 1.76 bits per heavy atom. The maximum atomic E-state index is 13.0. The highest BCUT2D eigenvalue weighted by atomic mass is 32.2. The summed E-state index contributed by atoms with van der Waals surface area (Å²) in [5.41, 5.74) is 1.47. The summed E-state index contributed by atoms with van der Waals surface area (Å²) in [6.07, 6.45) is 6.61. The van der Waals surface area contributed by atoms with E-state index in [2.05, 4.69) is 45.3 Å². The van der Waals surface area contributed by atoms with Crippen molar-refractivity contribution in [1.82, 2.24) is 20.0 Å². The van der Waals surface area contributed by atoms with Crippen LogP contribution in [0.1, 0.15) is 44.6 Å². The fraction of sp³-hybridized carbons (Fsp3) is 0.514. The van der Waals surface area contributed by atoms with Crippen LogP contribution in [0.2, 0.25) is 0 Å². The molecule has 46 heavy (non-hydrogen) atoms. The van der Waals surface area contributed by atoms with E-state index in [-0.39, 0.29) is 33.1 Å². The molecule has 10 nitrogen and oxygen atoms in total. The summed E-state index contributed by atoms with van der Waals surface area (Å²) >= 11 is 0. The van der Waals surface area contributed by atoms with Crippen molar-refractivity contribution in [2.75, 3.05) is 44.7 Å². The van der Waals surface area contributed by atoms with Crippen molar-refractivity contribution in [3.63, 3.8) is 0 Å². The number of benzene rings is 2. The van der Waals surface area contributed by atoms with Crippen molar-refractivity contribution in [3.8, 4) is 6.07 Å². The Kier molecular flexibility index (Phi) is 8.87.